The average Bonchev–Trinajstić information content (AvgIpc) is 2.88. The summed E-state index contributed by atoms with van der Waals surface area (Å²) in [5.74, 6) is 0.673. The highest BCUT2D eigenvalue weighted by atomic mass is 32.2. The topological polar surface area (TPSA) is 83.1 Å². The van der Waals surface area contributed by atoms with Gasteiger partial charge in [0.05, 0.1) is 29.2 Å². The maximum atomic E-state index is 13.3. The molecule has 1 aromatic heterocycles. The molecule has 0 saturated carbocycles. The van der Waals surface area contributed by atoms with Crippen molar-refractivity contribution < 1.29 is 17.9 Å². The third-order valence-corrected chi connectivity index (χ3v) is 8.37. The second-order valence-corrected chi connectivity index (χ2v) is 10.6. The van der Waals surface area contributed by atoms with Crippen LogP contribution in [0.3, 0.4) is 0 Å². The number of anilines is 1. The quantitative estimate of drug-likeness (QED) is 0.571. The molecule has 3 aromatic rings. The van der Waals surface area contributed by atoms with E-state index in [1.165, 1.54) is 4.31 Å². The van der Waals surface area contributed by atoms with E-state index in [4.69, 9.17) is 9.72 Å². The van der Waals surface area contributed by atoms with Gasteiger partial charge in [0, 0.05) is 44.7 Å². The van der Waals surface area contributed by atoms with E-state index in [1.54, 1.807) is 12.1 Å². The summed E-state index contributed by atoms with van der Waals surface area (Å²) in [6, 6.07) is 16.5. The minimum Gasteiger partial charge on any atom is -0.378 e. The maximum Gasteiger partial charge on any atom is 0.254 e. The van der Waals surface area contributed by atoms with Crippen LogP contribution in [0.2, 0.25) is 0 Å². The van der Waals surface area contributed by atoms with E-state index in [2.05, 4.69) is 4.90 Å². The van der Waals surface area contributed by atoms with Gasteiger partial charge in [-0.25, -0.2) is 13.4 Å². The Labute approximate surface area is 199 Å². The Balaban J connectivity index is 1.39. The summed E-state index contributed by atoms with van der Waals surface area (Å²) in [6.45, 7) is 5.88. The van der Waals surface area contributed by atoms with E-state index in [0.717, 1.165) is 16.5 Å². The van der Waals surface area contributed by atoms with Crippen LogP contribution >= 0.6 is 0 Å². The molecule has 9 heteroatoms. The first-order valence-electron chi connectivity index (χ1n) is 11.5. The van der Waals surface area contributed by atoms with Crippen molar-refractivity contribution in [3.05, 3.63) is 65.7 Å². The number of ether oxygens (including phenoxy) is 1. The molecule has 3 heterocycles. The Kier molecular flexibility index (Phi) is 6.24. The lowest BCUT2D eigenvalue weighted by molar-refractivity contribution is 0.0304. The number of hydrogen-bond acceptors (Lipinski definition) is 6. The van der Waals surface area contributed by atoms with Crippen LogP contribution in [0, 0.1) is 6.92 Å². The minimum atomic E-state index is -3.54. The van der Waals surface area contributed by atoms with Gasteiger partial charge < -0.3 is 14.5 Å². The lowest BCUT2D eigenvalue weighted by Gasteiger charge is -2.35. The first-order valence-corrected chi connectivity index (χ1v) is 13.0. The van der Waals surface area contributed by atoms with Gasteiger partial charge in [-0.15, -0.1) is 0 Å². The molecule has 2 saturated heterocycles. The van der Waals surface area contributed by atoms with Crippen molar-refractivity contribution in [1.29, 1.82) is 0 Å². The van der Waals surface area contributed by atoms with Crippen LogP contribution in [0.1, 0.15) is 15.9 Å². The molecule has 0 radical (unpaired) electrons. The van der Waals surface area contributed by atoms with Crippen LogP contribution < -0.4 is 4.90 Å². The fourth-order valence-corrected chi connectivity index (χ4v) is 5.88. The number of carbonyl (C=O) groups is 1. The smallest absolute Gasteiger partial charge is 0.254 e. The number of hydrogen-bond donors (Lipinski definition) is 0. The highest BCUT2D eigenvalue weighted by Gasteiger charge is 2.30. The molecule has 8 nitrogen and oxygen atoms in total. The number of sulfonamides is 1. The largest absolute Gasteiger partial charge is 0.378 e. The number of aryl methyl sites for hydroxylation is 1. The number of morpholine rings is 1. The predicted molar refractivity (Wildman–Crippen MR) is 131 cm³/mol. The third-order valence-electron chi connectivity index (χ3n) is 6.45. The minimum absolute atomic E-state index is 0.0243. The van der Waals surface area contributed by atoms with Crippen molar-refractivity contribution in [2.75, 3.05) is 57.4 Å². The molecule has 2 aromatic carbocycles. The number of fused-ring (bicyclic) bond motifs is 1. The van der Waals surface area contributed by atoms with Crippen molar-refractivity contribution in [2.45, 2.75) is 11.8 Å². The molecular weight excluding hydrogens is 452 g/mol. The molecule has 0 N–H and O–H groups in total. The molecule has 178 valence electrons. The fourth-order valence-electron chi connectivity index (χ4n) is 4.45. The molecule has 2 aliphatic rings. The number of piperazine rings is 1. The van der Waals surface area contributed by atoms with E-state index in [1.807, 2.05) is 54.3 Å². The van der Waals surface area contributed by atoms with Crippen LogP contribution in [0.5, 0.6) is 0 Å². The van der Waals surface area contributed by atoms with E-state index in [0.29, 0.717) is 68.8 Å². The number of carbonyl (C=O) groups excluding carboxylic acids is 1. The SMILES string of the molecule is Cc1ccc(S(=O)(=O)N2CCN(c3cc(C(=O)N4CCOCC4)c4ccccc4n3)CC2)cc1. The molecular formula is C25H28N4O4S. The van der Waals surface area contributed by atoms with Gasteiger partial charge in [0.2, 0.25) is 10.0 Å². The van der Waals surface area contributed by atoms with Gasteiger partial charge in [-0.2, -0.15) is 4.31 Å². The standard InChI is InChI=1S/C25H28N4O4S/c1-19-6-8-20(9-7-19)34(31,32)29-12-10-27(11-13-29)24-18-22(21-4-2-3-5-23(21)26-24)25(30)28-14-16-33-17-15-28/h2-9,18H,10-17H2,1H3. The Bertz CT molecular complexity index is 1300. The second kappa shape index (κ2) is 9.32. The normalized spacial score (nSPS) is 17.8. The average molecular weight is 481 g/mol. The molecule has 34 heavy (non-hydrogen) atoms. The zero-order valence-corrected chi connectivity index (χ0v) is 20.0. The maximum absolute atomic E-state index is 13.3. The van der Waals surface area contributed by atoms with E-state index >= 15 is 0 Å². The van der Waals surface area contributed by atoms with Crippen LogP contribution in [-0.4, -0.2) is 81.0 Å². The summed E-state index contributed by atoms with van der Waals surface area (Å²) >= 11 is 0. The number of aromatic nitrogens is 1. The molecule has 2 aliphatic heterocycles. The van der Waals surface area contributed by atoms with Gasteiger partial charge in [0.15, 0.2) is 0 Å². The summed E-state index contributed by atoms with van der Waals surface area (Å²) in [4.78, 5) is 22.3. The number of amides is 1. The van der Waals surface area contributed by atoms with Crippen LogP contribution in [-0.2, 0) is 14.8 Å². The lowest BCUT2D eigenvalue weighted by atomic mass is 10.1. The Morgan fingerprint density at radius 3 is 2.29 bits per heavy atom. The third kappa shape index (κ3) is 4.38. The van der Waals surface area contributed by atoms with Gasteiger partial charge >= 0.3 is 0 Å². The van der Waals surface area contributed by atoms with Crippen molar-refractivity contribution in [3.8, 4) is 0 Å². The fraction of sp³-hybridized carbons (Fsp3) is 0.360. The highest BCUT2D eigenvalue weighted by Crippen LogP contribution is 2.26. The van der Waals surface area contributed by atoms with E-state index in [-0.39, 0.29) is 5.91 Å². The van der Waals surface area contributed by atoms with Gasteiger partial charge in [-0.3, -0.25) is 4.79 Å². The number of nitrogens with zero attached hydrogens (tertiary/aromatic N) is 4. The first-order chi connectivity index (χ1) is 16.4. The van der Waals surface area contributed by atoms with Crippen LogP contribution in [0.4, 0.5) is 5.82 Å². The van der Waals surface area contributed by atoms with Crippen molar-refractivity contribution in [1.82, 2.24) is 14.2 Å². The van der Waals surface area contributed by atoms with Crippen molar-refractivity contribution in [2.24, 2.45) is 0 Å². The summed E-state index contributed by atoms with van der Waals surface area (Å²) in [5, 5.41) is 0.823. The van der Waals surface area contributed by atoms with Crippen molar-refractivity contribution >= 4 is 32.7 Å². The van der Waals surface area contributed by atoms with Gasteiger partial charge in [0.25, 0.3) is 5.91 Å². The molecule has 0 spiro atoms. The second-order valence-electron chi connectivity index (χ2n) is 8.65. The number of para-hydroxylation sites is 1. The Hall–Kier alpha value is -3.01. The first kappa shape index (κ1) is 22.8. The lowest BCUT2D eigenvalue weighted by Crippen LogP contribution is -2.49. The zero-order chi connectivity index (χ0) is 23.7. The molecule has 2 fully saturated rings. The van der Waals surface area contributed by atoms with Gasteiger partial charge in [-0.05, 0) is 31.2 Å². The molecule has 0 atom stereocenters. The van der Waals surface area contributed by atoms with Crippen LogP contribution in [0.25, 0.3) is 10.9 Å². The molecule has 5 rings (SSSR count). The zero-order valence-electron chi connectivity index (χ0n) is 19.2. The van der Waals surface area contributed by atoms with Crippen molar-refractivity contribution in [3.63, 3.8) is 0 Å². The van der Waals surface area contributed by atoms with Gasteiger partial charge in [-0.1, -0.05) is 35.9 Å². The summed E-state index contributed by atoms with van der Waals surface area (Å²) < 4.78 is 33.1. The number of rotatable bonds is 4. The Morgan fingerprint density at radius 2 is 1.59 bits per heavy atom. The molecule has 1 amide bonds. The molecule has 0 unspecified atom stereocenters. The highest BCUT2D eigenvalue weighted by molar-refractivity contribution is 7.89. The summed E-state index contributed by atoms with van der Waals surface area (Å²) in [7, 11) is -3.54. The predicted octanol–water partition coefficient (Wildman–Crippen LogP) is 2.53. The molecule has 0 bridgehead atoms. The number of benzene rings is 2. The van der Waals surface area contributed by atoms with E-state index < -0.39 is 10.0 Å². The number of pyridine rings is 1. The van der Waals surface area contributed by atoms with Gasteiger partial charge in [0.1, 0.15) is 5.82 Å². The summed E-state index contributed by atoms with van der Waals surface area (Å²) in [6.07, 6.45) is 0. The molecule has 0 aliphatic carbocycles. The monoisotopic (exact) mass is 480 g/mol. The van der Waals surface area contributed by atoms with E-state index in [9.17, 15) is 13.2 Å². The Morgan fingerprint density at radius 1 is 0.912 bits per heavy atom. The summed E-state index contributed by atoms with van der Waals surface area (Å²) in [5.41, 5.74) is 2.40. The van der Waals surface area contributed by atoms with Crippen LogP contribution in [0.15, 0.2) is 59.5 Å².